The Morgan fingerprint density at radius 1 is 1.57 bits per heavy atom. The number of rotatable bonds is 2. The number of aromatic hydroxyl groups is 1. The van der Waals surface area contributed by atoms with Crippen LogP contribution in [0.15, 0.2) is 18.2 Å². The van der Waals surface area contributed by atoms with E-state index in [0.29, 0.717) is 5.75 Å². The molecule has 1 unspecified atom stereocenters. The van der Waals surface area contributed by atoms with Crippen LogP contribution in [0.3, 0.4) is 0 Å². The molecular weight excluding hydrogens is 196 g/mol. The number of fused-ring (bicyclic) bond motifs is 1. The fraction of sp³-hybridized carbons (Fsp3) is 0.400. The highest BCUT2D eigenvalue weighted by Crippen LogP contribution is 2.38. The molecule has 2 N–H and O–H groups in total. The summed E-state index contributed by atoms with van der Waals surface area (Å²) in [7, 11) is 2.03. The lowest BCUT2D eigenvalue weighted by Crippen LogP contribution is -2.28. The number of phenols is 1. The number of hydrogen-bond donors (Lipinski definition) is 2. The van der Waals surface area contributed by atoms with E-state index in [0.717, 1.165) is 17.1 Å². The van der Waals surface area contributed by atoms with E-state index in [9.17, 15) is 5.11 Å². The van der Waals surface area contributed by atoms with Crippen molar-refractivity contribution in [2.45, 2.75) is 12.4 Å². The Labute approximate surface area is 88.1 Å². The summed E-state index contributed by atoms with van der Waals surface area (Å²) in [6, 6.07) is 5.41. The van der Waals surface area contributed by atoms with Crippen molar-refractivity contribution in [1.82, 2.24) is 0 Å². The number of phenolic OH excluding ortho intramolecular Hbond substituents is 1. The van der Waals surface area contributed by atoms with Crippen LogP contribution in [0.2, 0.25) is 0 Å². The SMILES string of the molecule is CCSC1Nc2ccc(O)cc2N1C. The molecule has 76 valence electrons. The fourth-order valence-electron chi connectivity index (χ4n) is 1.60. The maximum atomic E-state index is 9.37. The van der Waals surface area contributed by atoms with Gasteiger partial charge in [0.25, 0.3) is 0 Å². The molecule has 1 heterocycles. The van der Waals surface area contributed by atoms with E-state index in [4.69, 9.17) is 0 Å². The van der Waals surface area contributed by atoms with Gasteiger partial charge in [0, 0.05) is 13.1 Å². The molecule has 0 amide bonds. The van der Waals surface area contributed by atoms with Crippen molar-refractivity contribution < 1.29 is 5.11 Å². The molecule has 0 spiro atoms. The van der Waals surface area contributed by atoms with E-state index in [1.807, 2.05) is 24.9 Å². The first-order valence-electron chi connectivity index (χ1n) is 4.66. The van der Waals surface area contributed by atoms with Crippen LogP contribution < -0.4 is 10.2 Å². The van der Waals surface area contributed by atoms with Crippen LogP contribution in [0.4, 0.5) is 11.4 Å². The Morgan fingerprint density at radius 2 is 2.36 bits per heavy atom. The van der Waals surface area contributed by atoms with Gasteiger partial charge in [0.15, 0.2) is 0 Å². The monoisotopic (exact) mass is 210 g/mol. The first-order valence-corrected chi connectivity index (χ1v) is 5.71. The molecule has 0 bridgehead atoms. The summed E-state index contributed by atoms with van der Waals surface area (Å²) in [5.41, 5.74) is 2.45. The van der Waals surface area contributed by atoms with Crippen molar-refractivity contribution in [3.63, 3.8) is 0 Å². The summed E-state index contributed by atoms with van der Waals surface area (Å²) < 4.78 is 0. The molecule has 0 saturated heterocycles. The van der Waals surface area contributed by atoms with E-state index >= 15 is 0 Å². The fourth-order valence-corrected chi connectivity index (χ4v) is 2.46. The Balaban J connectivity index is 2.27. The minimum atomic E-state index is 0.289. The molecule has 0 fully saturated rings. The summed E-state index contributed by atoms with van der Waals surface area (Å²) in [5, 5.41) is 12.8. The van der Waals surface area contributed by atoms with Gasteiger partial charge in [-0.2, -0.15) is 0 Å². The summed E-state index contributed by atoms with van der Waals surface area (Å²) in [6.07, 6.45) is 0. The largest absolute Gasteiger partial charge is 0.508 e. The maximum Gasteiger partial charge on any atom is 0.148 e. The highest BCUT2D eigenvalue weighted by atomic mass is 32.2. The van der Waals surface area contributed by atoms with E-state index in [-0.39, 0.29) is 5.50 Å². The number of benzene rings is 1. The third-order valence-electron chi connectivity index (χ3n) is 2.32. The second-order valence-electron chi connectivity index (χ2n) is 3.26. The van der Waals surface area contributed by atoms with Crippen LogP contribution in [-0.2, 0) is 0 Å². The van der Waals surface area contributed by atoms with E-state index in [2.05, 4.69) is 17.1 Å². The van der Waals surface area contributed by atoms with Crippen molar-refractivity contribution in [3.05, 3.63) is 18.2 Å². The van der Waals surface area contributed by atoms with Crippen molar-refractivity contribution in [2.24, 2.45) is 0 Å². The van der Waals surface area contributed by atoms with Crippen LogP contribution in [0.1, 0.15) is 6.92 Å². The quantitative estimate of drug-likeness (QED) is 0.734. The molecule has 4 heteroatoms. The zero-order valence-corrected chi connectivity index (χ0v) is 9.14. The highest BCUT2D eigenvalue weighted by Gasteiger charge is 2.25. The summed E-state index contributed by atoms with van der Waals surface area (Å²) in [4.78, 5) is 2.14. The third kappa shape index (κ3) is 1.50. The molecule has 3 nitrogen and oxygen atoms in total. The lowest BCUT2D eigenvalue weighted by atomic mass is 10.2. The summed E-state index contributed by atoms with van der Waals surface area (Å²) in [6.45, 7) is 2.14. The number of nitrogens with one attached hydrogen (secondary N) is 1. The van der Waals surface area contributed by atoms with Crippen molar-refractivity contribution in [2.75, 3.05) is 23.0 Å². The Kier molecular flexibility index (Phi) is 2.46. The van der Waals surface area contributed by atoms with E-state index in [1.54, 1.807) is 12.1 Å². The number of hydrogen-bond acceptors (Lipinski definition) is 4. The van der Waals surface area contributed by atoms with Gasteiger partial charge < -0.3 is 15.3 Å². The molecule has 1 atom stereocenters. The second kappa shape index (κ2) is 3.61. The average Bonchev–Trinajstić information content (AvgIpc) is 2.46. The van der Waals surface area contributed by atoms with Gasteiger partial charge in [-0.25, -0.2) is 0 Å². The third-order valence-corrected chi connectivity index (χ3v) is 3.40. The molecular formula is C10H14N2OS. The van der Waals surface area contributed by atoms with Crippen LogP contribution in [0, 0.1) is 0 Å². The first-order chi connectivity index (χ1) is 6.72. The van der Waals surface area contributed by atoms with Crippen LogP contribution in [0.25, 0.3) is 0 Å². The van der Waals surface area contributed by atoms with Gasteiger partial charge in [0.2, 0.25) is 0 Å². The van der Waals surface area contributed by atoms with Gasteiger partial charge in [0.1, 0.15) is 11.2 Å². The molecule has 2 rings (SSSR count). The van der Waals surface area contributed by atoms with Crippen molar-refractivity contribution in [3.8, 4) is 5.75 Å². The zero-order chi connectivity index (χ0) is 10.1. The Hall–Kier alpha value is -1.03. The molecule has 0 aliphatic carbocycles. The smallest absolute Gasteiger partial charge is 0.148 e. The average molecular weight is 210 g/mol. The predicted octanol–water partition coefficient (Wildman–Crippen LogP) is 2.29. The highest BCUT2D eigenvalue weighted by molar-refractivity contribution is 8.00. The standard InChI is InChI=1S/C10H14N2OS/c1-3-14-10-11-8-5-4-7(13)6-9(8)12(10)2/h4-6,10-11,13H,3H2,1-2H3. The molecule has 1 aliphatic heterocycles. The van der Waals surface area contributed by atoms with Crippen molar-refractivity contribution in [1.29, 1.82) is 0 Å². The van der Waals surface area contributed by atoms with Gasteiger partial charge in [-0.15, -0.1) is 11.8 Å². The Morgan fingerprint density at radius 3 is 3.07 bits per heavy atom. The minimum absolute atomic E-state index is 0.289. The summed E-state index contributed by atoms with van der Waals surface area (Å²) in [5.74, 6) is 1.39. The lowest BCUT2D eigenvalue weighted by Gasteiger charge is -2.20. The van der Waals surface area contributed by atoms with Gasteiger partial charge >= 0.3 is 0 Å². The maximum absolute atomic E-state index is 9.37. The van der Waals surface area contributed by atoms with Gasteiger partial charge in [0.05, 0.1) is 11.4 Å². The Bertz CT molecular complexity index is 343. The van der Waals surface area contributed by atoms with Crippen LogP contribution in [0.5, 0.6) is 5.75 Å². The van der Waals surface area contributed by atoms with E-state index < -0.39 is 0 Å². The van der Waals surface area contributed by atoms with E-state index in [1.165, 1.54) is 0 Å². The summed E-state index contributed by atoms with van der Waals surface area (Å²) >= 11 is 1.84. The molecule has 1 aromatic rings. The number of thioether (sulfide) groups is 1. The predicted molar refractivity (Wildman–Crippen MR) is 62.1 cm³/mol. The van der Waals surface area contributed by atoms with Gasteiger partial charge in [-0.05, 0) is 17.9 Å². The first kappa shape index (κ1) is 9.52. The normalized spacial score (nSPS) is 19.3. The molecule has 0 aromatic heterocycles. The zero-order valence-electron chi connectivity index (χ0n) is 8.32. The number of anilines is 2. The van der Waals surface area contributed by atoms with Crippen molar-refractivity contribution >= 4 is 23.1 Å². The minimum Gasteiger partial charge on any atom is -0.508 e. The molecule has 0 saturated carbocycles. The van der Waals surface area contributed by atoms with Gasteiger partial charge in [-0.1, -0.05) is 6.92 Å². The molecule has 1 aliphatic rings. The molecule has 0 radical (unpaired) electrons. The lowest BCUT2D eigenvalue weighted by molar-refractivity contribution is 0.475. The topological polar surface area (TPSA) is 35.5 Å². The molecule has 14 heavy (non-hydrogen) atoms. The number of nitrogens with zero attached hydrogens (tertiary/aromatic N) is 1. The second-order valence-corrected chi connectivity index (χ2v) is 4.62. The molecule has 1 aromatic carbocycles. The van der Waals surface area contributed by atoms with Gasteiger partial charge in [-0.3, -0.25) is 0 Å². The van der Waals surface area contributed by atoms with Crippen LogP contribution in [-0.4, -0.2) is 23.4 Å². The van der Waals surface area contributed by atoms with Crippen LogP contribution >= 0.6 is 11.8 Å².